The molecule has 2 aromatic carbocycles. The number of ether oxygens (including phenoxy) is 1. The molecular weight excluding hydrogens is 468 g/mol. The molecule has 2 aromatic heterocycles. The van der Waals surface area contributed by atoms with E-state index in [9.17, 15) is 9.90 Å². The van der Waals surface area contributed by atoms with E-state index >= 15 is 4.39 Å². The van der Waals surface area contributed by atoms with Crippen LogP contribution in [0, 0.1) is 18.2 Å². The van der Waals surface area contributed by atoms with Crippen molar-refractivity contribution in [2.45, 2.75) is 20.8 Å². The Balaban J connectivity index is 1.59. The number of rotatable bonds is 6. The van der Waals surface area contributed by atoms with E-state index in [4.69, 9.17) is 27.9 Å². The molecule has 0 atom stereocenters. The average molecular weight is 488 g/mol. The second kappa shape index (κ2) is 8.65. The lowest BCUT2D eigenvalue weighted by Gasteiger charge is -2.19. The normalized spacial score (nSPS) is 11.7. The highest BCUT2D eigenvalue weighted by Crippen LogP contribution is 2.32. The van der Waals surface area contributed by atoms with Gasteiger partial charge in [0.2, 0.25) is 5.88 Å². The minimum atomic E-state index is -1.04. The molecule has 0 bridgehead atoms. The van der Waals surface area contributed by atoms with Crippen LogP contribution in [0.25, 0.3) is 33.5 Å². The van der Waals surface area contributed by atoms with Gasteiger partial charge in [-0.1, -0.05) is 29.3 Å². The molecular formula is C24H20Cl2FN3O3. The Morgan fingerprint density at radius 3 is 2.55 bits per heavy atom. The zero-order valence-corrected chi connectivity index (χ0v) is 19.6. The van der Waals surface area contributed by atoms with Crippen LogP contribution in [-0.2, 0) is 4.79 Å². The maximum absolute atomic E-state index is 15.0. The molecule has 0 saturated heterocycles. The highest BCUT2D eigenvalue weighted by Gasteiger charge is 2.28. The third kappa shape index (κ3) is 4.65. The predicted octanol–water partition coefficient (Wildman–Crippen LogP) is 6.54. The van der Waals surface area contributed by atoms with E-state index in [-0.39, 0.29) is 6.61 Å². The summed E-state index contributed by atoms with van der Waals surface area (Å²) in [5, 5.41) is 9.98. The lowest BCUT2D eigenvalue weighted by Crippen LogP contribution is -2.31. The molecule has 0 aliphatic heterocycles. The van der Waals surface area contributed by atoms with Crippen molar-refractivity contribution in [2.75, 3.05) is 6.61 Å². The van der Waals surface area contributed by atoms with Crippen LogP contribution in [0.4, 0.5) is 4.39 Å². The number of benzene rings is 2. The second-order valence-corrected chi connectivity index (χ2v) is 9.20. The van der Waals surface area contributed by atoms with Gasteiger partial charge in [0.1, 0.15) is 18.2 Å². The molecule has 2 heterocycles. The van der Waals surface area contributed by atoms with Crippen LogP contribution >= 0.6 is 23.2 Å². The zero-order chi connectivity index (χ0) is 23.9. The summed E-state index contributed by atoms with van der Waals surface area (Å²) < 4.78 is 20.6. The van der Waals surface area contributed by atoms with Crippen molar-refractivity contribution in [1.29, 1.82) is 0 Å². The Hall–Kier alpha value is -3.16. The number of pyridine rings is 1. The molecule has 4 aromatic rings. The van der Waals surface area contributed by atoms with Gasteiger partial charge < -0.3 is 14.8 Å². The highest BCUT2D eigenvalue weighted by atomic mass is 35.5. The van der Waals surface area contributed by atoms with Gasteiger partial charge in [-0.15, -0.1) is 0 Å². The Morgan fingerprint density at radius 2 is 1.88 bits per heavy atom. The van der Waals surface area contributed by atoms with E-state index in [1.165, 1.54) is 6.07 Å². The van der Waals surface area contributed by atoms with Gasteiger partial charge >= 0.3 is 5.97 Å². The molecule has 0 spiro atoms. The maximum Gasteiger partial charge on any atom is 0.312 e. The van der Waals surface area contributed by atoms with Crippen LogP contribution in [0.15, 0.2) is 42.6 Å². The van der Waals surface area contributed by atoms with Gasteiger partial charge in [-0.25, -0.2) is 14.4 Å². The first-order valence-electron chi connectivity index (χ1n) is 10.0. The van der Waals surface area contributed by atoms with Crippen molar-refractivity contribution in [3.8, 4) is 28.4 Å². The van der Waals surface area contributed by atoms with Gasteiger partial charge in [-0.05, 0) is 56.7 Å². The largest absolute Gasteiger partial charge is 0.481 e. The summed E-state index contributed by atoms with van der Waals surface area (Å²) in [6.07, 6.45) is 1.57. The molecule has 6 nitrogen and oxygen atoms in total. The summed E-state index contributed by atoms with van der Waals surface area (Å²) in [7, 11) is 0. The minimum absolute atomic E-state index is 0.0211. The minimum Gasteiger partial charge on any atom is -0.481 e. The summed E-state index contributed by atoms with van der Waals surface area (Å²) in [5.74, 6) is -0.704. The number of aromatic amines is 1. The van der Waals surface area contributed by atoms with Crippen LogP contribution in [0.3, 0.4) is 0 Å². The Labute approximate surface area is 199 Å². The number of aromatic nitrogens is 3. The Morgan fingerprint density at radius 1 is 1.15 bits per heavy atom. The molecule has 4 rings (SSSR count). The first-order valence-corrected chi connectivity index (χ1v) is 10.8. The number of carboxylic acid groups (broad SMARTS) is 1. The van der Waals surface area contributed by atoms with Gasteiger partial charge in [0.25, 0.3) is 0 Å². The molecule has 0 aliphatic carbocycles. The standard InChI is InChI=1S/C24H20Cl2FN3O3/c1-12-6-14(10-28-22(12)33-11-24(2,3)23(31)32)13-4-5-15(18(27)7-13)21-29-19-8-16(25)17(26)9-20(19)30-21/h4-10H,11H2,1-3H3,(H,29,30)(H,31,32). The number of hydrogen-bond acceptors (Lipinski definition) is 4. The fourth-order valence-electron chi connectivity index (χ4n) is 3.20. The summed E-state index contributed by atoms with van der Waals surface area (Å²) >= 11 is 12.1. The van der Waals surface area contributed by atoms with E-state index in [0.717, 1.165) is 0 Å². The molecule has 0 unspecified atom stereocenters. The second-order valence-electron chi connectivity index (χ2n) is 8.39. The number of fused-ring (bicyclic) bond motifs is 1. The van der Waals surface area contributed by atoms with Gasteiger partial charge in [0.05, 0.1) is 32.1 Å². The van der Waals surface area contributed by atoms with Gasteiger partial charge in [0.15, 0.2) is 0 Å². The van der Waals surface area contributed by atoms with Gasteiger partial charge in [0, 0.05) is 17.3 Å². The lowest BCUT2D eigenvalue weighted by atomic mass is 9.95. The molecule has 0 fully saturated rings. The number of imidazole rings is 1. The SMILES string of the molecule is Cc1cc(-c2ccc(-c3nc4cc(Cl)c(Cl)cc4[nH]3)c(F)c2)cnc1OCC(C)(C)C(=O)O. The van der Waals surface area contributed by atoms with Crippen molar-refractivity contribution in [3.63, 3.8) is 0 Å². The van der Waals surface area contributed by atoms with Gasteiger partial charge in [-0.3, -0.25) is 4.79 Å². The van der Waals surface area contributed by atoms with Crippen molar-refractivity contribution < 1.29 is 19.0 Å². The number of nitrogens with zero attached hydrogens (tertiary/aromatic N) is 2. The average Bonchev–Trinajstić information content (AvgIpc) is 3.15. The summed E-state index contributed by atoms with van der Waals surface area (Å²) in [6.45, 7) is 4.94. The number of carboxylic acids is 1. The van der Waals surface area contributed by atoms with Crippen LogP contribution < -0.4 is 4.74 Å². The van der Waals surface area contributed by atoms with E-state index in [2.05, 4.69) is 15.0 Å². The zero-order valence-electron chi connectivity index (χ0n) is 18.0. The van der Waals surface area contributed by atoms with Crippen LogP contribution in [-0.4, -0.2) is 32.6 Å². The maximum atomic E-state index is 15.0. The number of aryl methyl sites for hydroxylation is 1. The number of aliphatic carboxylic acids is 1. The Kier molecular flexibility index (Phi) is 6.03. The van der Waals surface area contributed by atoms with Crippen molar-refractivity contribution in [1.82, 2.24) is 15.0 Å². The molecule has 0 saturated carbocycles. The van der Waals surface area contributed by atoms with Gasteiger partial charge in [-0.2, -0.15) is 0 Å². The van der Waals surface area contributed by atoms with E-state index in [1.54, 1.807) is 51.2 Å². The smallest absolute Gasteiger partial charge is 0.312 e. The van der Waals surface area contributed by atoms with Crippen LogP contribution in [0.2, 0.25) is 10.0 Å². The van der Waals surface area contributed by atoms with Crippen molar-refractivity contribution in [3.05, 3.63) is 64.0 Å². The highest BCUT2D eigenvalue weighted by molar-refractivity contribution is 6.42. The van der Waals surface area contributed by atoms with Crippen LogP contribution in [0.5, 0.6) is 5.88 Å². The molecule has 170 valence electrons. The molecule has 2 N–H and O–H groups in total. The summed E-state index contributed by atoms with van der Waals surface area (Å²) in [5.41, 5.74) is 2.55. The van der Waals surface area contributed by atoms with Crippen molar-refractivity contribution in [2.24, 2.45) is 5.41 Å². The number of nitrogens with one attached hydrogen (secondary N) is 1. The molecule has 33 heavy (non-hydrogen) atoms. The molecule has 0 amide bonds. The first-order chi connectivity index (χ1) is 15.5. The number of H-pyrrole nitrogens is 1. The van der Waals surface area contributed by atoms with E-state index in [0.29, 0.717) is 55.0 Å². The number of hydrogen-bond donors (Lipinski definition) is 2. The number of halogens is 3. The summed E-state index contributed by atoms with van der Waals surface area (Å²) in [4.78, 5) is 23.0. The predicted molar refractivity (Wildman–Crippen MR) is 126 cm³/mol. The van der Waals surface area contributed by atoms with E-state index in [1.807, 2.05) is 6.07 Å². The number of carbonyl (C=O) groups is 1. The third-order valence-corrected chi connectivity index (χ3v) is 5.98. The molecule has 0 radical (unpaired) electrons. The lowest BCUT2D eigenvalue weighted by molar-refractivity contribution is -0.148. The van der Waals surface area contributed by atoms with Crippen LogP contribution in [0.1, 0.15) is 19.4 Å². The van der Waals surface area contributed by atoms with Crippen molar-refractivity contribution >= 4 is 40.2 Å². The quantitative estimate of drug-likeness (QED) is 0.322. The Bertz CT molecular complexity index is 1350. The topological polar surface area (TPSA) is 88.1 Å². The third-order valence-electron chi connectivity index (χ3n) is 5.26. The first kappa shape index (κ1) is 23.0. The monoisotopic (exact) mass is 487 g/mol. The van der Waals surface area contributed by atoms with E-state index < -0.39 is 17.2 Å². The summed E-state index contributed by atoms with van der Waals surface area (Å²) in [6, 6.07) is 9.92. The fourth-order valence-corrected chi connectivity index (χ4v) is 3.52. The molecule has 0 aliphatic rings. The fraction of sp³-hybridized carbons (Fsp3) is 0.208. The molecule has 9 heteroatoms.